The smallest absolute Gasteiger partial charge is 0.0886 e. The molecule has 0 bridgehead atoms. The van der Waals surface area contributed by atoms with Gasteiger partial charge in [-0.2, -0.15) is 0 Å². The van der Waals surface area contributed by atoms with Crippen LogP contribution in [0, 0.1) is 0 Å². The zero-order chi connectivity index (χ0) is 21.6. The molecule has 0 saturated carbocycles. The van der Waals surface area contributed by atoms with E-state index in [4.69, 9.17) is 0 Å². The Morgan fingerprint density at radius 3 is 1.00 bits per heavy atom. The molecule has 0 spiro atoms. The maximum Gasteiger partial charge on any atom is 0.0886 e. The van der Waals surface area contributed by atoms with Crippen molar-refractivity contribution in [3.63, 3.8) is 0 Å². The molecule has 0 N–H and O–H groups in total. The summed E-state index contributed by atoms with van der Waals surface area (Å²) >= 11 is 0. The minimum absolute atomic E-state index is 0.888. The fourth-order valence-corrected chi connectivity index (χ4v) is 4.66. The van der Waals surface area contributed by atoms with Crippen LogP contribution in [0.4, 0.5) is 0 Å². The second-order valence-corrected chi connectivity index (χ2v) is 10.3. The third-order valence-corrected chi connectivity index (χ3v) is 7.34. The van der Waals surface area contributed by atoms with Crippen molar-refractivity contribution >= 4 is 0 Å². The minimum atomic E-state index is 0.888. The molecular weight excluding hydrogens is 350 g/mol. The second kappa shape index (κ2) is 21.2. The molecule has 0 heterocycles. The van der Waals surface area contributed by atoms with Crippen LogP contribution < -0.4 is 0 Å². The molecule has 176 valence electrons. The van der Waals surface area contributed by atoms with Gasteiger partial charge >= 0.3 is 0 Å². The average molecular weight is 411 g/mol. The van der Waals surface area contributed by atoms with Crippen LogP contribution in [-0.4, -0.2) is 31.2 Å². The predicted molar refractivity (Wildman–Crippen MR) is 135 cm³/mol. The largest absolute Gasteiger partial charge is 0.326 e. The van der Waals surface area contributed by atoms with Gasteiger partial charge < -0.3 is 4.48 Å². The summed E-state index contributed by atoms with van der Waals surface area (Å²) in [4.78, 5) is 0. The van der Waals surface area contributed by atoms with Crippen molar-refractivity contribution in [3.8, 4) is 0 Å². The van der Waals surface area contributed by atoms with E-state index in [0.29, 0.717) is 0 Å². The monoisotopic (exact) mass is 410 g/mol. The Hall–Kier alpha value is -0.0400. The van der Waals surface area contributed by atoms with Crippen molar-refractivity contribution < 1.29 is 4.48 Å². The standard InChI is InChI=1S/C28H60N/c1-6-9-11-13-14-15-16-17-18-19-20-21-22-23-25-27-28(29(4,5)8-3)26-24-12-10-7-2/h28H,6-27H2,1-5H3/q+1. The van der Waals surface area contributed by atoms with Crippen LogP contribution in [0.5, 0.6) is 0 Å². The zero-order valence-electron chi connectivity index (χ0n) is 21.6. The number of rotatable bonds is 23. The molecule has 0 radical (unpaired) electrons. The van der Waals surface area contributed by atoms with Gasteiger partial charge in [-0.05, 0) is 32.6 Å². The van der Waals surface area contributed by atoms with Crippen LogP contribution in [0.25, 0.3) is 0 Å². The van der Waals surface area contributed by atoms with Crippen molar-refractivity contribution in [3.05, 3.63) is 0 Å². The van der Waals surface area contributed by atoms with E-state index in [9.17, 15) is 0 Å². The third-order valence-electron chi connectivity index (χ3n) is 7.34. The lowest BCUT2D eigenvalue weighted by atomic mass is 9.97. The summed E-state index contributed by atoms with van der Waals surface area (Å²) in [5.41, 5.74) is 0. The van der Waals surface area contributed by atoms with Gasteiger partial charge in [0.05, 0.1) is 26.7 Å². The van der Waals surface area contributed by atoms with Crippen LogP contribution in [0.2, 0.25) is 0 Å². The van der Waals surface area contributed by atoms with Crippen LogP contribution in [0.15, 0.2) is 0 Å². The SMILES string of the molecule is CCCCCCCCCCCCCCCCCC(CCCCCC)[N+](C)(C)CC. The first-order valence-electron chi connectivity index (χ1n) is 13.9. The number of hydrogen-bond donors (Lipinski definition) is 0. The van der Waals surface area contributed by atoms with Gasteiger partial charge in [-0.3, -0.25) is 0 Å². The third kappa shape index (κ3) is 18.4. The molecular formula is C28H60N+. The Bertz CT molecular complexity index is 309. The molecule has 0 saturated heterocycles. The topological polar surface area (TPSA) is 0 Å². The molecule has 0 aliphatic rings. The van der Waals surface area contributed by atoms with Gasteiger partial charge in [-0.15, -0.1) is 0 Å². The lowest BCUT2D eigenvalue weighted by Crippen LogP contribution is -2.48. The lowest BCUT2D eigenvalue weighted by molar-refractivity contribution is -0.914. The van der Waals surface area contributed by atoms with Crippen molar-refractivity contribution in [1.29, 1.82) is 0 Å². The van der Waals surface area contributed by atoms with Gasteiger partial charge in [0.2, 0.25) is 0 Å². The van der Waals surface area contributed by atoms with Gasteiger partial charge in [0.15, 0.2) is 0 Å². The molecule has 0 aliphatic carbocycles. The van der Waals surface area contributed by atoms with E-state index in [1.807, 2.05) is 0 Å². The highest BCUT2D eigenvalue weighted by Crippen LogP contribution is 2.21. The maximum atomic E-state index is 2.45. The summed E-state index contributed by atoms with van der Waals surface area (Å²) < 4.78 is 1.23. The highest BCUT2D eigenvalue weighted by molar-refractivity contribution is 4.61. The number of quaternary nitrogens is 1. The summed E-state index contributed by atoms with van der Waals surface area (Å²) in [6, 6.07) is 0.888. The van der Waals surface area contributed by atoms with Crippen LogP contribution >= 0.6 is 0 Å². The molecule has 0 aliphatic heterocycles. The Kier molecular flexibility index (Phi) is 21.2. The van der Waals surface area contributed by atoms with E-state index < -0.39 is 0 Å². The fraction of sp³-hybridized carbons (Fsp3) is 1.00. The van der Waals surface area contributed by atoms with Crippen molar-refractivity contribution in [1.82, 2.24) is 0 Å². The minimum Gasteiger partial charge on any atom is -0.326 e. The maximum absolute atomic E-state index is 2.45. The van der Waals surface area contributed by atoms with Gasteiger partial charge in [0.25, 0.3) is 0 Å². The quantitative estimate of drug-likeness (QED) is 0.116. The van der Waals surface area contributed by atoms with Gasteiger partial charge in [-0.1, -0.05) is 123 Å². The molecule has 29 heavy (non-hydrogen) atoms. The molecule has 0 aromatic rings. The normalized spacial score (nSPS) is 13.1. The summed E-state index contributed by atoms with van der Waals surface area (Å²) in [6.45, 7) is 8.26. The van der Waals surface area contributed by atoms with Crippen molar-refractivity contribution in [2.24, 2.45) is 0 Å². The van der Waals surface area contributed by atoms with E-state index in [0.717, 1.165) is 6.04 Å². The molecule has 1 atom stereocenters. The Morgan fingerprint density at radius 1 is 0.414 bits per heavy atom. The van der Waals surface area contributed by atoms with E-state index in [-0.39, 0.29) is 0 Å². The Balaban J connectivity index is 3.55. The molecule has 1 heteroatoms. The number of nitrogens with zero attached hydrogens (tertiary/aromatic N) is 1. The van der Waals surface area contributed by atoms with Gasteiger partial charge in [0, 0.05) is 0 Å². The number of hydrogen-bond acceptors (Lipinski definition) is 0. The predicted octanol–water partition coefficient (Wildman–Crippen LogP) is 9.68. The van der Waals surface area contributed by atoms with Gasteiger partial charge in [-0.25, -0.2) is 0 Å². The van der Waals surface area contributed by atoms with E-state index in [1.165, 1.54) is 146 Å². The summed E-state index contributed by atoms with van der Waals surface area (Å²) in [5, 5.41) is 0. The Labute approximate surface area is 187 Å². The van der Waals surface area contributed by atoms with E-state index >= 15 is 0 Å². The average Bonchev–Trinajstić information content (AvgIpc) is 2.72. The first kappa shape index (κ1) is 29.0. The van der Waals surface area contributed by atoms with Crippen LogP contribution in [0.3, 0.4) is 0 Å². The molecule has 0 amide bonds. The molecule has 1 nitrogen and oxygen atoms in total. The van der Waals surface area contributed by atoms with Crippen LogP contribution in [-0.2, 0) is 0 Å². The highest BCUT2D eigenvalue weighted by atomic mass is 15.3. The first-order chi connectivity index (χ1) is 14.1. The van der Waals surface area contributed by atoms with Gasteiger partial charge in [0.1, 0.15) is 0 Å². The second-order valence-electron chi connectivity index (χ2n) is 10.3. The van der Waals surface area contributed by atoms with Crippen molar-refractivity contribution in [2.75, 3.05) is 20.6 Å². The van der Waals surface area contributed by atoms with Crippen LogP contribution in [0.1, 0.15) is 156 Å². The fourth-order valence-electron chi connectivity index (χ4n) is 4.66. The van der Waals surface area contributed by atoms with Crippen molar-refractivity contribution in [2.45, 2.75) is 162 Å². The number of unbranched alkanes of at least 4 members (excludes halogenated alkanes) is 17. The molecule has 0 rings (SSSR count). The molecule has 1 unspecified atom stereocenters. The summed E-state index contributed by atoms with van der Waals surface area (Å²) in [5.74, 6) is 0. The molecule has 0 aromatic heterocycles. The van der Waals surface area contributed by atoms with E-state index in [1.54, 1.807) is 0 Å². The molecule has 0 fully saturated rings. The Morgan fingerprint density at radius 2 is 0.690 bits per heavy atom. The highest BCUT2D eigenvalue weighted by Gasteiger charge is 2.25. The zero-order valence-corrected chi connectivity index (χ0v) is 21.6. The summed E-state index contributed by atoms with van der Waals surface area (Å²) in [6.07, 6.45) is 30.5. The lowest BCUT2D eigenvalue weighted by Gasteiger charge is -2.37. The summed E-state index contributed by atoms with van der Waals surface area (Å²) in [7, 11) is 4.91. The van der Waals surface area contributed by atoms with E-state index in [2.05, 4.69) is 34.9 Å². The first-order valence-corrected chi connectivity index (χ1v) is 13.9. The molecule has 0 aromatic carbocycles.